The number of nitrogens with two attached hydrogens (primary N) is 1. The Morgan fingerprint density at radius 2 is 2.08 bits per heavy atom. The van der Waals surface area contributed by atoms with E-state index in [2.05, 4.69) is 52.8 Å². The van der Waals surface area contributed by atoms with Gasteiger partial charge in [0.15, 0.2) is 0 Å². The van der Waals surface area contributed by atoms with Crippen LogP contribution in [-0.4, -0.2) is 65.8 Å². The van der Waals surface area contributed by atoms with Crippen LogP contribution >= 0.6 is 38.9 Å². The highest BCUT2D eigenvalue weighted by molar-refractivity contribution is 9.10. The molecule has 6 N–H and O–H groups in total. The molecule has 2 aromatic heterocycles. The number of aliphatic hydroxyl groups is 2. The quantitative estimate of drug-likeness (QED) is 0.226. The number of halogens is 2. The number of rotatable bonds is 8. The molecule has 15 heteroatoms. The summed E-state index contributed by atoms with van der Waals surface area (Å²) in [5.41, 5.74) is 3.26. The molecule has 208 valence electrons. The average Bonchev–Trinajstić information content (AvgIpc) is 3.41. The third kappa shape index (κ3) is 6.19. The lowest BCUT2D eigenvalue weighted by Crippen LogP contribution is -2.36. The van der Waals surface area contributed by atoms with Crippen LogP contribution in [0.3, 0.4) is 0 Å². The first-order valence-electron chi connectivity index (χ1n) is 12.0. The number of ketones is 1. The number of aliphatic hydroxyl groups excluding tert-OH is 2. The number of anilines is 1. The molecule has 1 aromatic carbocycles. The van der Waals surface area contributed by atoms with Crippen LogP contribution in [0.5, 0.6) is 0 Å². The standard InChI is InChI=1S/C24H25BrClN5O6S2/c25-13-2-1-11-3-4-29-19(14(11)6-13)15-7-18(38-23(15)26)21(33)16-8-28-10-30-24(16)31-17-5-12(20(32)22(17)34)9-37-39(27,35)36/h1-2,6-8,10,12,17,19-20,22,29,32,34H,3-5,9H2,(H2,27,35,36)(H,28,30,31)/t12-,17-,19-,20-,22+/m1/s1. The van der Waals surface area contributed by atoms with E-state index in [0.29, 0.717) is 9.21 Å². The van der Waals surface area contributed by atoms with Gasteiger partial charge in [-0.15, -0.1) is 11.3 Å². The molecule has 0 bridgehead atoms. The summed E-state index contributed by atoms with van der Waals surface area (Å²) >= 11 is 11.3. The maximum Gasteiger partial charge on any atom is 0.333 e. The number of nitrogens with one attached hydrogen (secondary N) is 2. The van der Waals surface area contributed by atoms with E-state index in [1.165, 1.54) is 18.1 Å². The van der Waals surface area contributed by atoms with Gasteiger partial charge in [0.05, 0.1) is 39.6 Å². The predicted molar refractivity (Wildman–Crippen MR) is 149 cm³/mol. The van der Waals surface area contributed by atoms with E-state index in [1.807, 2.05) is 6.07 Å². The zero-order valence-electron chi connectivity index (χ0n) is 20.3. The number of hydrogen-bond donors (Lipinski definition) is 5. The highest BCUT2D eigenvalue weighted by atomic mass is 79.9. The van der Waals surface area contributed by atoms with Crippen LogP contribution in [0.2, 0.25) is 4.34 Å². The van der Waals surface area contributed by atoms with Crippen molar-refractivity contribution in [1.29, 1.82) is 0 Å². The summed E-state index contributed by atoms with van der Waals surface area (Å²) in [5, 5.41) is 32.3. The lowest BCUT2D eigenvalue weighted by Gasteiger charge is -2.27. The van der Waals surface area contributed by atoms with Crippen molar-refractivity contribution >= 4 is 60.8 Å². The molecule has 0 unspecified atom stereocenters. The van der Waals surface area contributed by atoms with Gasteiger partial charge in [0.25, 0.3) is 0 Å². The van der Waals surface area contributed by atoms with Gasteiger partial charge >= 0.3 is 10.3 Å². The van der Waals surface area contributed by atoms with E-state index >= 15 is 0 Å². The maximum absolute atomic E-state index is 13.6. The molecule has 1 fully saturated rings. The molecule has 11 nitrogen and oxygen atoms in total. The molecule has 0 amide bonds. The summed E-state index contributed by atoms with van der Waals surface area (Å²) in [6, 6.07) is 7.00. The Morgan fingerprint density at radius 1 is 1.28 bits per heavy atom. The van der Waals surface area contributed by atoms with Crippen molar-refractivity contribution in [2.75, 3.05) is 18.5 Å². The van der Waals surface area contributed by atoms with Gasteiger partial charge in [-0.25, -0.2) is 15.1 Å². The second-order valence-corrected chi connectivity index (χ2v) is 13.2. The average molecular weight is 659 g/mol. The smallest absolute Gasteiger partial charge is 0.333 e. The highest BCUT2D eigenvalue weighted by Gasteiger charge is 2.42. The molecule has 5 rings (SSSR count). The maximum atomic E-state index is 13.6. The number of thiophene rings is 1. The first-order chi connectivity index (χ1) is 18.5. The summed E-state index contributed by atoms with van der Waals surface area (Å²) in [6.45, 7) is 0.379. The van der Waals surface area contributed by atoms with Gasteiger partial charge in [0, 0.05) is 28.7 Å². The molecule has 39 heavy (non-hydrogen) atoms. The Kier molecular flexibility index (Phi) is 8.38. The molecule has 5 atom stereocenters. The fourth-order valence-electron chi connectivity index (χ4n) is 5.03. The molecule has 0 spiro atoms. The Bertz CT molecular complexity index is 1510. The largest absolute Gasteiger partial charge is 0.390 e. The summed E-state index contributed by atoms with van der Waals surface area (Å²) in [6.07, 6.45) is 1.13. The van der Waals surface area contributed by atoms with E-state index < -0.39 is 41.1 Å². The SMILES string of the molecule is NS(=O)(=O)OC[C@H]1C[C@@H](Nc2ncncc2C(=O)c2cc([C@@H]3NCCc4ccc(Br)cc43)c(Cl)s2)[C@H](O)[C@@H]1O. The Hall–Kier alpha value is -2.01. The number of carbonyl (C=O) groups excluding carboxylic acids is 1. The van der Waals surface area contributed by atoms with Crippen LogP contribution in [0.1, 0.15) is 44.4 Å². The van der Waals surface area contributed by atoms with E-state index in [1.54, 1.807) is 6.07 Å². The number of nitrogens with zero attached hydrogens (tertiary/aromatic N) is 2. The van der Waals surface area contributed by atoms with Gasteiger partial charge in [-0.05, 0) is 42.2 Å². The van der Waals surface area contributed by atoms with Crippen molar-refractivity contribution in [3.05, 3.63) is 72.7 Å². The van der Waals surface area contributed by atoms with Crippen molar-refractivity contribution in [3.8, 4) is 0 Å². The van der Waals surface area contributed by atoms with Gasteiger partial charge in [-0.1, -0.05) is 33.6 Å². The molecular formula is C24H25BrClN5O6S2. The zero-order chi connectivity index (χ0) is 27.9. The van der Waals surface area contributed by atoms with Crippen molar-refractivity contribution < 1.29 is 27.6 Å². The molecule has 1 aliphatic heterocycles. The van der Waals surface area contributed by atoms with E-state index in [-0.39, 0.29) is 29.6 Å². The van der Waals surface area contributed by atoms with E-state index in [0.717, 1.165) is 39.9 Å². The summed E-state index contributed by atoms with van der Waals surface area (Å²) < 4.78 is 28.3. The normalized spacial score (nSPS) is 24.9. The fourth-order valence-corrected chi connectivity index (χ4v) is 7.06. The number of aromatic nitrogens is 2. The molecule has 3 aromatic rings. The minimum Gasteiger partial charge on any atom is -0.390 e. The Balaban J connectivity index is 1.37. The minimum absolute atomic E-state index is 0.146. The fraction of sp³-hybridized carbons (Fsp3) is 0.375. The van der Waals surface area contributed by atoms with Gasteiger partial charge in [0.2, 0.25) is 5.78 Å². The van der Waals surface area contributed by atoms with Crippen molar-refractivity contribution in [1.82, 2.24) is 15.3 Å². The lowest BCUT2D eigenvalue weighted by molar-refractivity contribution is 0.00778. The lowest BCUT2D eigenvalue weighted by atomic mass is 9.91. The third-order valence-electron chi connectivity index (χ3n) is 6.94. The number of fused-ring (bicyclic) bond motifs is 1. The molecule has 2 aliphatic rings. The van der Waals surface area contributed by atoms with Crippen molar-refractivity contribution in [2.45, 2.75) is 37.1 Å². The van der Waals surface area contributed by atoms with Gasteiger partial charge in [0.1, 0.15) is 18.2 Å². The van der Waals surface area contributed by atoms with Crippen molar-refractivity contribution in [3.63, 3.8) is 0 Å². The number of benzene rings is 1. The molecule has 0 saturated heterocycles. The van der Waals surface area contributed by atoms with Crippen LogP contribution in [0.25, 0.3) is 0 Å². The number of hydrogen-bond acceptors (Lipinski definition) is 11. The summed E-state index contributed by atoms with van der Waals surface area (Å²) in [4.78, 5) is 22.2. The predicted octanol–water partition coefficient (Wildman–Crippen LogP) is 2.16. The third-order valence-corrected chi connectivity index (χ3v) is 9.28. The Morgan fingerprint density at radius 3 is 2.85 bits per heavy atom. The molecule has 3 heterocycles. The minimum atomic E-state index is -4.20. The first kappa shape index (κ1) is 28.5. The van der Waals surface area contributed by atoms with Gasteiger partial charge in [-0.3, -0.25) is 8.98 Å². The molecule has 1 aliphatic carbocycles. The van der Waals surface area contributed by atoms with E-state index in [4.69, 9.17) is 16.7 Å². The topological polar surface area (TPSA) is 177 Å². The van der Waals surface area contributed by atoms with Crippen LogP contribution < -0.4 is 15.8 Å². The second kappa shape index (κ2) is 11.5. The van der Waals surface area contributed by atoms with Gasteiger partial charge in [-0.2, -0.15) is 8.42 Å². The second-order valence-electron chi connectivity index (χ2n) is 9.44. The molecular weight excluding hydrogens is 634 g/mol. The summed E-state index contributed by atoms with van der Waals surface area (Å²) in [5.74, 6) is -0.902. The number of carbonyl (C=O) groups is 1. The van der Waals surface area contributed by atoms with Gasteiger partial charge < -0.3 is 20.8 Å². The van der Waals surface area contributed by atoms with Crippen LogP contribution in [-0.2, 0) is 20.9 Å². The first-order valence-corrected chi connectivity index (χ1v) is 15.4. The Labute approximate surface area is 242 Å². The van der Waals surface area contributed by atoms with Crippen LogP contribution in [0.15, 0.2) is 41.3 Å². The highest BCUT2D eigenvalue weighted by Crippen LogP contribution is 2.39. The molecule has 0 radical (unpaired) electrons. The van der Waals surface area contributed by atoms with E-state index in [9.17, 15) is 23.4 Å². The monoisotopic (exact) mass is 657 g/mol. The van der Waals surface area contributed by atoms with Crippen molar-refractivity contribution in [2.24, 2.45) is 11.1 Å². The van der Waals surface area contributed by atoms with Crippen LogP contribution in [0.4, 0.5) is 5.82 Å². The molecule has 1 saturated carbocycles. The summed E-state index contributed by atoms with van der Waals surface area (Å²) in [7, 11) is -4.20. The van der Waals surface area contributed by atoms with Crippen LogP contribution in [0, 0.1) is 5.92 Å². The zero-order valence-corrected chi connectivity index (χ0v) is 24.2.